The van der Waals surface area contributed by atoms with Gasteiger partial charge in [0, 0.05) is 18.0 Å². The zero-order chi connectivity index (χ0) is 12.3. The Labute approximate surface area is 97.8 Å². The van der Waals surface area contributed by atoms with Crippen molar-refractivity contribution in [2.75, 3.05) is 5.73 Å². The van der Waals surface area contributed by atoms with Gasteiger partial charge in [0.1, 0.15) is 11.8 Å². The van der Waals surface area contributed by atoms with Gasteiger partial charge in [-0.2, -0.15) is 5.26 Å². The standard InChI is InChI=1S/C12H10N4O/c13-7-11-9(3-1-5-15-11)8-16-6-2-4-10(14)12(16)17/h1-6H,8,14H2. The Kier molecular flexibility index (Phi) is 2.88. The molecule has 17 heavy (non-hydrogen) atoms. The molecular weight excluding hydrogens is 216 g/mol. The van der Waals surface area contributed by atoms with Crippen molar-refractivity contribution in [3.63, 3.8) is 0 Å². The molecule has 0 aliphatic heterocycles. The Hall–Kier alpha value is -2.61. The summed E-state index contributed by atoms with van der Waals surface area (Å²) in [5.74, 6) is 0. The second-order valence-corrected chi connectivity index (χ2v) is 3.52. The van der Waals surface area contributed by atoms with E-state index >= 15 is 0 Å². The second kappa shape index (κ2) is 4.49. The lowest BCUT2D eigenvalue weighted by Gasteiger charge is -2.07. The molecule has 0 atom stereocenters. The van der Waals surface area contributed by atoms with Crippen molar-refractivity contribution in [2.45, 2.75) is 6.54 Å². The SMILES string of the molecule is N#Cc1ncccc1Cn1cccc(N)c1=O. The van der Waals surface area contributed by atoms with Crippen LogP contribution in [-0.4, -0.2) is 9.55 Å². The van der Waals surface area contributed by atoms with Crippen molar-refractivity contribution in [2.24, 2.45) is 0 Å². The number of nitrogen functional groups attached to an aromatic ring is 1. The van der Waals surface area contributed by atoms with E-state index in [0.29, 0.717) is 17.8 Å². The van der Waals surface area contributed by atoms with Crippen LogP contribution in [0, 0.1) is 11.3 Å². The van der Waals surface area contributed by atoms with Gasteiger partial charge >= 0.3 is 0 Å². The highest BCUT2D eigenvalue weighted by Crippen LogP contribution is 2.05. The van der Waals surface area contributed by atoms with Crippen molar-refractivity contribution >= 4 is 5.69 Å². The van der Waals surface area contributed by atoms with Gasteiger partial charge in [-0.1, -0.05) is 6.07 Å². The molecule has 0 bridgehead atoms. The highest BCUT2D eigenvalue weighted by atomic mass is 16.1. The Morgan fingerprint density at radius 1 is 1.41 bits per heavy atom. The number of nitrogens with two attached hydrogens (primary N) is 1. The molecule has 0 saturated heterocycles. The summed E-state index contributed by atoms with van der Waals surface area (Å²) < 4.78 is 1.45. The fraction of sp³-hybridized carbons (Fsp3) is 0.0833. The average molecular weight is 226 g/mol. The highest BCUT2D eigenvalue weighted by molar-refractivity contribution is 5.35. The van der Waals surface area contributed by atoms with Gasteiger partial charge in [-0.3, -0.25) is 4.79 Å². The predicted octanol–water partition coefficient (Wildman–Crippen LogP) is 0.745. The summed E-state index contributed by atoms with van der Waals surface area (Å²) in [6.45, 7) is 0.292. The number of pyridine rings is 2. The third-order valence-corrected chi connectivity index (χ3v) is 2.39. The van der Waals surface area contributed by atoms with Crippen LogP contribution in [0.25, 0.3) is 0 Å². The summed E-state index contributed by atoms with van der Waals surface area (Å²) in [6.07, 6.45) is 3.18. The monoisotopic (exact) mass is 226 g/mol. The molecule has 0 aromatic carbocycles. The summed E-state index contributed by atoms with van der Waals surface area (Å²) in [6, 6.07) is 8.73. The van der Waals surface area contributed by atoms with Crippen molar-refractivity contribution in [3.8, 4) is 6.07 Å². The van der Waals surface area contributed by atoms with Crippen LogP contribution in [-0.2, 0) is 6.54 Å². The van der Waals surface area contributed by atoms with E-state index in [1.54, 1.807) is 36.7 Å². The predicted molar refractivity (Wildman–Crippen MR) is 63.2 cm³/mol. The molecule has 0 aliphatic rings. The van der Waals surface area contributed by atoms with Crippen molar-refractivity contribution in [1.29, 1.82) is 5.26 Å². The van der Waals surface area contributed by atoms with Gasteiger partial charge in [-0.05, 0) is 18.2 Å². The number of anilines is 1. The molecule has 2 aromatic rings. The van der Waals surface area contributed by atoms with Crippen LogP contribution in [0.1, 0.15) is 11.3 Å². The minimum absolute atomic E-state index is 0.190. The van der Waals surface area contributed by atoms with Gasteiger partial charge < -0.3 is 10.3 Å². The van der Waals surface area contributed by atoms with E-state index < -0.39 is 0 Å². The summed E-state index contributed by atoms with van der Waals surface area (Å²) in [4.78, 5) is 15.6. The molecule has 5 nitrogen and oxygen atoms in total. The molecule has 2 aromatic heterocycles. The largest absolute Gasteiger partial charge is 0.394 e. The van der Waals surface area contributed by atoms with E-state index in [2.05, 4.69) is 4.98 Å². The van der Waals surface area contributed by atoms with Gasteiger partial charge in [-0.25, -0.2) is 4.98 Å². The zero-order valence-corrected chi connectivity index (χ0v) is 9.00. The molecular formula is C12H10N4O. The first-order valence-corrected chi connectivity index (χ1v) is 5.01. The lowest BCUT2D eigenvalue weighted by molar-refractivity contribution is 0.756. The zero-order valence-electron chi connectivity index (χ0n) is 9.00. The lowest BCUT2D eigenvalue weighted by Crippen LogP contribution is -2.22. The number of rotatable bonds is 2. The molecule has 0 fully saturated rings. The fourth-order valence-corrected chi connectivity index (χ4v) is 1.53. The van der Waals surface area contributed by atoms with Crippen molar-refractivity contribution in [1.82, 2.24) is 9.55 Å². The number of aromatic nitrogens is 2. The topological polar surface area (TPSA) is 84.7 Å². The molecule has 0 radical (unpaired) electrons. The molecule has 0 saturated carbocycles. The van der Waals surface area contributed by atoms with Crippen LogP contribution in [0.3, 0.4) is 0 Å². The average Bonchev–Trinajstić information content (AvgIpc) is 2.35. The number of hydrogen-bond acceptors (Lipinski definition) is 4. The molecule has 0 aliphatic carbocycles. The second-order valence-electron chi connectivity index (χ2n) is 3.52. The third kappa shape index (κ3) is 2.16. The van der Waals surface area contributed by atoms with Crippen LogP contribution >= 0.6 is 0 Å². The number of hydrogen-bond donors (Lipinski definition) is 1. The summed E-state index contributed by atoms with van der Waals surface area (Å²) in [5.41, 5.74) is 6.48. The van der Waals surface area contributed by atoms with E-state index in [0.717, 1.165) is 0 Å². The first kappa shape index (κ1) is 10.9. The molecule has 0 amide bonds. The normalized spacial score (nSPS) is 9.82. The number of nitrogens with zero attached hydrogens (tertiary/aromatic N) is 3. The fourth-order valence-electron chi connectivity index (χ4n) is 1.53. The van der Waals surface area contributed by atoms with Crippen LogP contribution in [0.5, 0.6) is 0 Å². The molecule has 84 valence electrons. The van der Waals surface area contributed by atoms with Crippen molar-refractivity contribution < 1.29 is 0 Å². The first-order chi connectivity index (χ1) is 8.22. The maximum absolute atomic E-state index is 11.7. The Morgan fingerprint density at radius 2 is 2.24 bits per heavy atom. The molecule has 5 heteroatoms. The summed E-state index contributed by atoms with van der Waals surface area (Å²) >= 11 is 0. The number of nitriles is 1. The lowest BCUT2D eigenvalue weighted by atomic mass is 10.2. The van der Waals surface area contributed by atoms with Crippen LogP contribution in [0.2, 0.25) is 0 Å². The van der Waals surface area contributed by atoms with E-state index in [4.69, 9.17) is 11.0 Å². The van der Waals surface area contributed by atoms with E-state index in [1.165, 1.54) is 4.57 Å². The first-order valence-electron chi connectivity index (χ1n) is 5.01. The molecule has 2 rings (SSSR count). The minimum Gasteiger partial charge on any atom is -0.394 e. The smallest absolute Gasteiger partial charge is 0.273 e. The Bertz CT molecular complexity index is 639. The maximum atomic E-state index is 11.7. The molecule has 2 N–H and O–H groups in total. The molecule has 0 spiro atoms. The van der Waals surface area contributed by atoms with Crippen LogP contribution in [0.15, 0.2) is 41.5 Å². The summed E-state index contributed by atoms with van der Waals surface area (Å²) in [7, 11) is 0. The van der Waals surface area contributed by atoms with Gasteiger partial charge in [0.05, 0.1) is 12.2 Å². The highest BCUT2D eigenvalue weighted by Gasteiger charge is 2.05. The summed E-state index contributed by atoms with van der Waals surface area (Å²) in [5, 5.41) is 8.90. The van der Waals surface area contributed by atoms with Crippen LogP contribution < -0.4 is 11.3 Å². The Balaban J connectivity index is 2.43. The maximum Gasteiger partial charge on any atom is 0.273 e. The van der Waals surface area contributed by atoms with E-state index in [1.807, 2.05) is 6.07 Å². The quantitative estimate of drug-likeness (QED) is 0.818. The Morgan fingerprint density at radius 3 is 3.00 bits per heavy atom. The van der Waals surface area contributed by atoms with E-state index in [9.17, 15) is 4.79 Å². The minimum atomic E-state index is -0.264. The van der Waals surface area contributed by atoms with Gasteiger partial charge in [0.25, 0.3) is 5.56 Å². The third-order valence-electron chi connectivity index (χ3n) is 2.39. The van der Waals surface area contributed by atoms with Crippen molar-refractivity contribution in [3.05, 3.63) is 58.3 Å². The molecule has 0 unspecified atom stereocenters. The van der Waals surface area contributed by atoms with Gasteiger partial charge in [0.15, 0.2) is 0 Å². The molecule has 2 heterocycles. The van der Waals surface area contributed by atoms with Crippen LogP contribution in [0.4, 0.5) is 5.69 Å². The van der Waals surface area contributed by atoms with Gasteiger partial charge in [-0.15, -0.1) is 0 Å². The van der Waals surface area contributed by atoms with E-state index in [-0.39, 0.29) is 11.2 Å². The van der Waals surface area contributed by atoms with Gasteiger partial charge in [0.2, 0.25) is 0 Å².